The quantitative estimate of drug-likeness (QED) is 0.816. The average Bonchev–Trinajstić information content (AvgIpc) is 2.94. The van der Waals surface area contributed by atoms with Gasteiger partial charge in [0.05, 0.1) is 6.10 Å². The second kappa shape index (κ2) is 7.65. The summed E-state index contributed by atoms with van der Waals surface area (Å²) in [7, 11) is 1.74. The minimum absolute atomic E-state index is 0.194. The molecule has 0 bridgehead atoms. The van der Waals surface area contributed by atoms with Gasteiger partial charge >= 0.3 is 0 Å². The van der Waals surface area contributed by atoms with Gasteiger partial charge < -0.3 is 15.0 Å². The summed E-state index contributed by atoms with van der Waals surface area (Å²) in [4.78, 5) is 38.4. The molecule has 0 spiro atoms. The maximum atomic E-state index is 12.0. The van der Waals surface area contributed by atoms with Crippen LogP contribution in [0.3, 0.4) is 0 Å². The summed E-state index contributed by atoms with van der Waals surface area (Å²) in [5.74, 6) is -0.935. The zero-order chi connectivity index (χ0) is 17.8. The van der Waals surface area contributed by atoms with Gasteiger partial charge in [0.2, 0.25) is 17.7 Å². The van der Waals surface area contributed by atoms with Gasteiger partial charge in [-0.3, -0.25) is 19.3 Å². The van der Waals surface area contributed by atoms with Crippen molar-refractivity contribution in [3.63, 3.8) is 0 Å². The van der Waals surface area contributed by atoms with Crippen LogP contribution in [0.1, 0.15) is 25.7 Å². The largest absolute Gasteiger partial charge is 0.380 e. The van der Waals surface area contributed by atoms with E-state index in [1.807, 2.05) is 24.3 Å². The number of piperidine rings is 1. The van der Waals surface area contributed by atoms with Crippen LogP contribution in [0.5, 0.6) is 0 Å². The molecule has 1 aromatic carbocycles. The van der Waals surface area contributed by atoms with Gasteiger partial charge in [-0.1, -0.05) is 0 Å². The number of methoxy groups -OCH3 is 1. The van der Waals surface area contributed by atoms with Crippen LogP contribution >= 0.6 is 0 Å². The molecule has 0 radical (unpaired) electrons. The summed E-state index contributed by atoms with van der Waals surface area (Å²) in [6, 6.07) is 7.58. The molecule has 3 rings (SSSR count). The summed E-state index contributed by atoms with van der Waals surface area (Å²) in [5.41, 5.74) is 1.73. The predicted octanol–water partition coefficient (Wildman–Crippen LogP) is 1.39. The number of amides is 3. The number of rotatable bonds is 5. The van der Waals surface area contributed by atoms with Gasteiger partial charge in [-0.15, -0.1) is 0 Å². The maximum absolute atomic E-state index is 12.0. The van der Waals surface area contributed by atoms with E-state index in [-0.39, 0.29) is 43.2 Å². The number of carbonyl (C=O) groups is 3. The van der Waals surface area contributed by atoms with Crippen molar-refractivity contribution in [2.75, 3.05) is 37.0 Å². The fourth-order valence-corrected chi connectivity index (χ4v) is 3.26. The number of carbonyl (C=O) groups excluding carboxylic acids is 3. The molecule has 2 heterocycles. The van der Waals surface area contributed by atoms with Gasteiger partial charge in [0.1, 0.15) is 6.54 Å². The molecular formula is C18H23N3O4. The number of imide groups is 1. The van der Waals surface area contributed by atoms with Crippen molar-refractivity contribution in [2.45, 2.75) is 31.8 Å². The van der Waals surface area contributed by atoms with Gasteiger partial charge in [-0.25, -0.2) is 0 Å². The Labute approximate surface area is 146 Å². The van der Waals surface area contributed by atoms with Crippen LogP contribution in [0.15, 0.2) is 24.3 Å². The fourth-order valence-electron chi connectivity index (χ4n) is 3.26. The van der Waals surface area contributed by atoms with E-state index in [2.05, 4.69) is 10.2 Å². The molecule has 1 atom stereocenters. The lowest BCUT2D eigenvalue weighted by Gasteiger charge is -2.33. The van der Waals surface area contributed by atoms with Crippen molar-refractivity contribution >= 4 is 29.1 Å². The normalized spacial score (nSPS) is 20.9. The van der Waals surface area contributed by atoms with E-state index < -0.39 is 0 Å². The van der Waals surface area contributed by atoms with Crippen molar-refractivity contribution in [2.24, 2.45) is 0 Å². The predicted molar refractivity (Wildman–Crippen MR) is 93.3 cm³/mol. The van der Waals surface area contributed by atoms with Gasteiger partial charge in [0, 0.05) is 44.4 Å². The highest BCUT2D eigenvalue weighted by molar-refractivity contribution is 6.06. The van der Waals surface area contributed by atoms with Crippen LogP contribution in [-0.4, -0.2) is 55.5 Å². The smallest absolute Gasteiger partial charge is 0.244 e. The first-order valence-corrected chi connectivity index (χ1v) is 8.57. The van der Waals surface area contributed by atoms with E-state index >= 15 is 0 Å². The Morgan fingerprint density at radius 1 is 1.20 bits per heavy atom. The summed E-state index contributed by atoms with van der Waals surface area (Å²) in [6.07, 6.45) is 2.81. The van der Waals surface area contributed by atoms with Crippen molar-refractivity contribution in [3.05, 3.63) is 24.3 Å². The lowest BCUT2D eigenvalue weighted by Crippen LogP contribution is -2.39. The SMILES string of the molecule is CO[C@@H]1CCCN(c2ccc(NC(=O)CN3C(=O)CCC3=O)cc2)C1. The third kappa shape index (κ3) is 4.17. The van der Waals surface area contributed by atoms with E-state index in [1.165, 1.54) is 0 Å². The third-order valence-corrected chi connectivity index (χ3v) is 4.68. The Bertz CT molecular complexity index is 643. The Kier molecular flexibility index (Phi) is 5.33. The molecule has 2 fully saturated rings. The Morgan fingerprint density at radius 3 is 2.52 bits per heavy atom. The second-order valence-electron chi connectivity index (χ2n) is 6.41. The maximum Gasteiger partial charge on any atom is 0.244 e. The molecule has 0 aromatic heterocycles. The van der Waals surface area contributed by atoms with E-state index in [9.17, 15) is 14.4 Å². The Hall–Kier alpha value is -2.41. The first-order valence-electron chi connectivity index (χ1n) is 8.57. The molecule has 2 aliphatic rings. The Balaban J connectivity index is 1.56. The zero-order valence-electron chi connectivity index (χ0n) is 14.4. The third-order valence-electron chi connectivity index (χ3n) is 4.68. The van der Waals surface area contributed by atoms with E-state index in [4.69, 9.17) is 4.74 Å². The van der Waals surface area contributed by atoms with Crippen molar-refractivity contribution in [3.8, 4) is 0 Å². The lowest BCUT2D eigenvalue weighted by atomic mass is 10.1. The van der Waals surface area contributed by atoms with Gasteiger partial charge in [0.15, 0.2) is 0 Å². The summed E-state index contributed by atoms with van der Waals surface area (Å²) in [5, 5.41) is 2.73. The molecule has 2 saturated heterocycles. The topological polar surface area (TPSA) is 79.0 Å². The van der Waals surface area contributed by atoms with Crippen molar-refractivity contribution in [1.82, 2.24) is 4.90 Å². The first-order chi connectivity index (χ1) is 12.1. The van der Waals surface area contributed by atoms with Gasteiger partial charge in [0.25, 0.3) is 0 Å². The van der Waals surface area contributed by atoms with Crippen LogP contribution in [0.25, 0.3) is 0 Å². The second-order valence-corrected chi connectivity index (χ2v) is 6.41. The number of likely N-dealkylation sites (tertiary alicyclic amines) is 1. The molecule has 1 N–H and O–H groups in total. The molecule has 1 aromatic rings. The zero-order valence-corrected chi connectivity index (χ0v) is 14.4. The number of anilines is 2. The van der Waals surface area contributed by atoms with E-state index in [0.717, 1.165) is 36.5 Å². The van der Waals surface area contributed by atoms with Crippen molar-refractivity contribution < 1.29 is 19.1 Å². The lowest BCUT2D eigenvalue weighted by molar-refractivity contribution is -0.141. The minimum atomic E-state index is -0.367. The number of hydrogen-bond donors (Lipinski definition) is 1. The molecule has 25 heavy (non-hydrogen) atoms. The summed E-state index contributed by atoms with van der Waals surface area (Å²) < 4.78 is 5.44. The molecule has 3 amide bonds. The standard InChI is InChI=1S/C18H23N3O4/c1-25-15-3-2-10-20(11-15)14-6-4-13(5-7-14)19-16(22)12-21-17(23)8-9-18(21)24/h4-7,15H,2-3,8-12H2,1H3,(H,19,22)/t15-/m1/s1. The minimum Gasteiger partial charge on any atom is -0.380 e. The monoisotopic (exact) mass is 345 g/mol. The molecule has 7 nitrogen and oxygen atoms in total. The molecule has 134 valence electrons. The number of nitrogens with one attached hydrogen (secondary N) is 1. The highest BCUT2D eigenvalue weighted by Crippen LogP contribution is 2.23. The van der Waals surface area contributed by atoms with Crippen LogP contribution in [0.4, 0.5) is 11.4 Å². The van der Waals surface area contributed by atoms with Gasteiger partial charge in [-0.05, 0) is 37.1 Å². The average molecular weight is 345 g/mol. The molecule has 7 heteroatoms. The van der Waals surface area contributed by atoms with E-state index in [0.29, 0.717) is 5.69 Å². The van der Waals surface area contributed by atoms with Crippen LogP contribution in [-0.2, 0) is 19.1 Å². The van der Waals surface area contributed by atoms with Gasteiger partial charge in [-0.2, -0.15) is 0 Å². The van der Waals surface area contributed by atoms with Crippen LogP contribution in [0, 0.1) is 0 Å². The molecule has 0 saturated carbocycles. The number of nitrogens with zero attached hydrogens (tertiary/aromatic N) is 2. The fraction of sp³-hybridized carbons (Fsp3) is 0.500. The van der Waals surface area contributed by atoms with Crippen molar-refractivity contribution in [1.29, 1.82) is 0 Å². The Morgan fingerprint density at radius 2 is 1.88 bits per heavy atom. The highest BCUT2D eigenvalue weighted by Gasteiger charge is 2.30. The number of ether oxygens (including phenoxy) is 1. The molecule has 0 unspecified atom stereocenters. The molecule has 0 aliphatic carbocycles. The molecular weight excluding hydrogens is 322 g/mol. The first kappa shape index (κ1) is 17.4. The summed E-state index contributed by atoms with van der Waals surface area (Å²) in [6.45, 7) is 1.63. The van der Waals surface area contributed by atoms with Crippen LogP contribution < -0.4 is 10.2 Å². The van der Waals surface area contributed by atoms with E-state index in [1.54, 1.807) is 7.11 Å². The summed E-state index contributed by atoms with van der Waals surface area (Å²) >= 11 is 0. The molecule has 2 aliphatic heterocycles. The van der Waals surface area contributed by atoms with Crippen LogP contribution in [0.2, 0.25) is 0 Å². The number of benzene rings is 1. The number of hydrogen-bond acceptors (Lipinski definition) is 5. The highest BCUT2D eigenvalue weighted by atomic mass is 16.5.